The SMILES string of the molecule is COc1ccccc1CNC(=O)c1cnc(NCc2cccc(C)c2)cn1. The molecule has 0 unspecified atom stereocenters. The number of anilines is 1. The number of aryl methyl sites for hydroxylation is 1. The molecule has 0 aliphatic heterocycles. The van der Waals surface area contributed by atoms with Gasteiger partial charge in [-0.1, -0.05) is 48.0 Å². The highest BCUT2D eigenvalue weighted by molar-refractivity contribution is 5.92. The molecule has 0 saturated heterocycles. The number of amides is 1. The molecule has 2 aromatic carbocycles. The summed E-state index contributed by atoms with van der Waals surface area (Å²) in [7, 11) is 1.61. The Bertz CT molecular complexity index is 910. The molecule has 3 aromatic rings. The second-order valence-electron chi connectivity index (χ2n) is 6.12. The molecule has 0 aliphatic rings. The van der Waals surface area contributed by atoms with Gasteiger partial charge in [-0.3, -0.25) is 4.79 Å². The summed E-state index contributed by atoms with van der Waals surface area (Å²) in [5.41, 5.74) is 3.54. The van der Waals surface area contributed by atoms with Gasteiger partial charge in [-0.05, 0) is 18.6 Å². The minimum absolute atomic E-state index is 0.269. The lowest BCUT2D eigenvalue weighted by Crippen LogP contribution is -2.24. The third-order valence-corrected chi connectivity index (χ3v) is 4.07. The van der Waals surface area contributed by atoms with Crippen LogP contribution in [0.5, 0.6) is 5.75 Å². The maximum absolute atomic E-state index is 12.3. The van der Waals surface area contributed by atoms with E-state index in [1.54, 1.807) is 13.3 Å². The largest absolute Gasteiger partial charge is 0.496 e. The predicted octanol–water partition coefficient (Wildman–Crippen LogP) is 3.34. The Balaban J connectivity index is 1.55. The summed E-state index contributed by atoms with van der Waals surface area (Å²) < 4.78 is 5.28. The molecule has 1 amide bonds. The fourth-order valence-electron chi connectivity index (χ4n) is 2.67. The smallest absolute Gasteiger partial charge is 0.271 e. The van der Waals surface area contributed by atoms with E-state index in [0.29, 0.717) is 18.9 Å². The number of hydrogen-bond acceptors (Lipinski definition) is 5. The van der Waals surface area contributed by atoms with Gasteiger partial charge in [0.05, 0.1) is 19.5 Å². The van der Waals surface area contributed by atoms with Crippen LogP contribution in [-0.4, -0.2) is 23.0 Å². The number of ether oxygens (including phenoxy) is 1. The molecule has 2 N–H and O–H groups in total. The third kappa shape index (κ3) is 5.04. The van der Waals surface area contributed by atoms with Crippen molar-refractivity contribution in [2.75, 3.05) is 12.4 Å². The fraction of sp³-hybridized carbons (Fsp3) is 0.190. The van der Waals surface area contributed by atoms with Crippen LogP contribution >= 0.6 is 0 Å². The molecule has 0 bridgehead atoms. The van der Waals surface area contributed by atoms with Crippen LogP contribution < -0.4 is 15.4 Å². The number of benzene rings is 2. The number of nitrogens with one attached hydrogen (secondary N) is 2. The summed E-state index contributed by atoms with van der Waals surface area (Å²) in [4.78, 5) is 20.7. The van der Waals surface area contributed by atoms with Gasteiger partial charge in [0.1, 0.15) is 17.3 Å². The number of aromatic nitrogens is 2. The number of hydrogen-bond donors (Lipinski definition) is 2. The molecule has 6 nitrogen and oxygen atoms in total. The van der Waals surface area contributed by atoms with Crippen LogP contribution in [0.3, 0.4) is 0 Å². The van der Waals surface area contributed by atoms with Gasteiger partial charge in [0.25, 0.3) is 5.91 Å². The van der Waals surface area contributed by atoms with Crippen molar-refractivity contribution in [2.45, 2.75) is 20.0 Å². The number of para-hydroxylation sites is 1. The van der Waals surface area contributed by atoms with Crippen molar-refractivity contribution in [3.63, 3.8) is 0 Å². The van der Waals surface area contributed by atoms with E-state index < -0.39 is 0 Å². The van der Waals surface area contributed by atoms with Gasteiger partial charge in [0.2, 0.25) is 0 Å². The van der Waals surface area contributed by atoms with E-state index >= 15 is 0 Å². The van der Waals surface area contributed by atoms with E-state index in [0.717, 1.165) is 16.9 Å². The second-order valence-corrected chi connectivity index (χ2v) is 6.12. The average Bonchev–Trinajstić information content (AvgIpc) is 2.71. The number of nitrogens with zero attached hydrogens (tertiary/aromatic N) is 2. The van der Waals surface area contributed by atoms with Crippen LogP contribution in [-0.2, 0) is 13.1 Å². The summed E-state index contributed by atoms with van der Waals surface area (Å²) >= 11 is 0. The van der Waals surface area contributed by atoms with Gasteiger partial charge in [-0.25, -0.2) is 9.97 Å². The quantitative estimate of drug-likeness (QED) is 0.674. The van der Waals surface area contributed by atoms with Crippen molar-refractivity contribution < 1.29 is 9.53 Å². The van der Waals surface area contributed by atoms with Crippen molar-refractivity contribution in [2.24, 2.45) is 0 Å². The van der Waals surface area contributed by atoms with Gasteiger partial charge < -0.3 is 15.4 Å². The first-order valence-corrected chi connectivity index (χ1v) is 8.67. The zero-order chi connectivity index (χ0) is 19.1. The van der Waals surface area contributed by atoms with Crippen LogP contribution in [0.25, 0.3) is 0 Å². The normalized spacial score (nSPS) is 10.3. The monoisotopic (exact) mass is 362 g/mol. The zero-order valence-electron chi connectivity index (χ0n) is 15.4. The topological polar surface area (TPSA) is 76.1 Å². The number of rotatable bonds is 7. The Labute approximate surface area is 158 Å². The van der Waals surface area contributed by atoms with Gasteiger partial charge >= 0.3 is 0 Å². The number of methoxy groups -OCH3 is 1. The maximum Gasteiger partial charge on any atom is 0.271 e. The summed E-state index contributed by atoms with van der Waals surface area (Å²) in [5, 5.41) is 6.04. The van der Waals surface area contributed by atoms with E-state index in [1.165, 1.54) is 11.8 Å². The van der Waals surface area contributed by atoms with E-state index in [2.05, 4.69) is 39.7 Å². The zero-order valence-corrected chi connectivity index (χ0v) is 15.4. The molecule has 0 radical (unpaired) electrons. The highest BCUT2D eigenvalue weighted by Crippen LogP contribution is 2.16. The molecular weight excluding hydrogens is 340 g/mol. The van der Waals surface area contributed by atoms with E-state index in [1.807, 2.05) is 36.4 Å². The lowest BCUT2D eigenvalue weighted by molar-refractivity contribution is 0.0945. The standard InChI is InChI=1S/C21H22N4O2/c1-15-6-5-7-16(10-15)11-23-20-14-22-18(13-24-20)21(26)25-12-17-8-3-4-9-19(17)27-2/h3-10,13-14H,11-12H2,1-2H3,(H,23,24)(H,25,26). The van der Waals surface area contributed by atoms with Crippen LogP contribution in [0, 0.1) is 6.92 Å². The predicted molar refractivity (Wildman–Crippen MR) is 105 cm³/mol. The molecule has 0 aliphatic carbocycles. The first-order chi connectivity index (χ1) is 13.2. The van der Waals surface area contributed by atoms with E-state index in [-0.39, 0.29) is 11.6 Å². The van der Waals surface area contributed by atoms with Crippen LogP contribution in [0.2, 0.25) is 0 Å². The lowest BCUT2D eigenvalue weighted by atomic mass is 10.1. The Kier molecular flexibility index (Phi) is 5.99. The summed E-state index contributed by atoms with van der Waals surface area (Å²) in [5.74, 6) is 1.08. The molecule has 1 heterocycles. The molecule has 0 spiro atoms. The number of carbonyl (C=O) groups excluding carboxylic acids is 1. The van der Waals surface area contributed by atoms with Gasteiger partial charge in [0, 0.05) is 18.7 Å². The van der Waals surface area contributed by atoms with E-state index in [4.69, 9.17) is 4.74 Å². The van der Waals surface area contributed by atoms with E-state index in [9.17, 15) is 4.79 Å². The Hall–Kier alpha value is -3.41. The molecular formula is C21H22N4O2. The summed E-state index contributed by atoms with van der Waals surface area (Å²) in [6.45, 7) is 3.06. The molecule has 0 atom stereocenters. The third-order valence-electron chi connectivity index (χ3n) is 4.07. The molecule has 3 rings (SSSR count). The van der Waals surface area contributed by atoms with Gasteiger partial charge in [-0.2, -0.15) is 0 Å². The highest BCUT2D eigenvalue weighted by Gasteiger charge is 2.09. The highest BCUT2D eigenvalue weighted by atomic mass is 16.5. The van der Waals surface area contributed by atoms with Gasteiger partial charge in [-0.15, -0.1) is 0 Å². The minimum Gasteiger partial charge on any atom is -0.496 e. The Morgan fingerprint density at radius 1 is 1.04 bits per heavy atom. The Morgan fingerprint density at radius 3 is 2.63 bits per heavy atom. The molecule has 1 aromatic heterocycles. The molecule has 0 saturated carbocycles. The molecule has 6 heteroatoms. The van der Waals surface area contributed by atoms with Crippen molar-refractivity contribution in [1.82, 2.24) is 15.3 Å². The average molecular weight is 362 g/mol. The van der Waals surface area contributed by atoms with Crippen molar-refractivity contribution in [1.29, 1.82) is 0 Å². The van der Waals surface area contributed by atoms with Gasteiger partial charge in [0.15, 0.2) is 0 Å². The first kappa shape index (κ1) is 18.4. The molecule has 0 fully saturated rings. The molecule has 27 heavy (non-hydrogen) atoms. The molecule has 138 valence electrons. The van der Waals surface area contributed by atoms with Crippen molar-refractivity contribution in [3.05, 3.63) is 83.3 Å². The lowest BCUT2D eigenvalue weighted by Gasteiger charge is -2.10. The first-order valence-electron chi connectivity index (χ1n) is 8.67. The summed E-state index contributed by atoms with van der Waals surface area (Å²) in [6, 6.07) is 15.8. The van der Waals surface area contributed by atoms with Crippen LogP contribution in [0.4, 0.5) is 5.82 Å². The van der Waals surface area contributed by atoms with Crippen LogP contribution in [0.1, 0.15) is 27.2 Å². The minimum atomic E-state index is -0.279. The second kappa shape index (κ2) is 8.80. The maximum atomic E-state index is 12.3. The van der Waals surface area contributed by atoms with Crippen LogP contribution in [0.15, 0.2) is 60.9 Å². The summed E-state index contributed by atoms with van der Waals surface area (Å²) in [6.07, 6.45) is 3.03. The fourth-order valence-corrected chi connectivity index (χ4v) is 2.67. The van der Waals surface area contributed by atoms with Crippen molar-refractivity contribution >= 4 is 11.7 Å². The van der Waals surface area contributed by atoms with Crippen molar-refractivity contribution in [3.8, 4) is 5.75 Å². The Morgan fingerprint density at radius 2 is 1.89 bits per heavy atom. The number of carbonyl (C=O) groups is 1.